The first-order valence-corrected chi connectivity index (χ1v) is 11.0. The minimum Gasteiger partial charge on any atom is -0.497 e. The molecule has 5 rings (SSSR count). The van der Waals surface area contributed by atoms with Crippen molar-refractivity contribution >= 4 is 6.21 Å². The van der Waals surface area contributed by atoms with Gasteiger partial charge in [0.2, 0.25) is 0 Å². The van der Waals surface area contributed by atoms with E-state index >= 15 is 4.39 Å². The Morgan fingerprint density at radius 3 is 2.46 bits per heavy atom. The van der Waals surface area contributed by atoms with E-state index in [2.05, 4.69) is 15.1 Å². The van der Waals surface area contributed by atoms with Crippen LogP contribution in [-0.4, -0.2) is 28.3 Å². The summed E-state index contributed by atoms with van der Waals surface area (Å²) in [6.45, 7) is 0.331. The average Bonchev–Trinajstić information content (AvgIpc) is 3.28. The zero-order valence-electron chi connectivity index (χ0n) is 19.2. The van der Waals surface area contributed by atoms with Crippen LogP contribution in [0.25, 0.3) is 22.5 Å². The van der Waals surface area contributed by atoms with Crippen LogP contribution in [0, 0.1) is 17.5 Å². The van der Waals surface area contributed by atoms with E-state index < -0.39 is 29.2 Å². The smallest absolute Gasteiger partial charge is 0.417 e. The van der Waals surface area contributed by atoms with Crippen LogP contribution in [0.15, 0.2) is 59.7 Å². The molecule has 0 amide bonds. The molecular formula is C26H18F6N4O. The van der Waals surface area contributed by atoms with E-state index in [0.29, 0.717) is 17.0 Å². The molecule has 1 aliphatic rings. The molecule has 0 atom stereocenters. The van der Waals surface area contributed by atoms with Gasteiger partial charge in [-0.3, -0.25) is 5.01 Å². The summed E-state index contributed by atoms with van der Waals surface area (Å²) in [4.78, 5) is 7.26. The van der Waals surface area contributed by atoms with Crippen LogP contribution in [0.1, 0.15) is 22.5 Å². The number of hydrazone groups is 1. The monoisotopic (exact) mass is 516 g/mol. The topological polar surface area (TPSA) is 53.5 Å². The Bertz CT molecular complexity index is 1510. The van der Waals surface area contributed by atoms with Gasteiger partial charge in [0, 0.05) is 5.56 Å². The van der Waals surface area contributed by atoms with Gasteiger partial charge in [-0.25, -0.2) is 18.2 Å². The molecule has 4 aromatic rings. The molecular weight excluding hydrogens is 498 g/mol. The van der Waals surface area contributed by atoms with Crippen LogP contribution in [0.4, 0.5) is 26.3 Å². The van der Waals surface area contributed by atoms with Crippen molar-refractivity contribution in [3.63, 3.8) is 0 Å². The lowest BCUT2D eigenvalue weighted by atomic mass is 9.97. The number of ether oxygens (including phenoxy) is 1. The number of nitrogens with zero attached hydrogens (tertiary/aromatic N) is 3. The maximum absolute atomic E-state index is 15.0. The Balaban J connectivity index is 1.36. The van der Waals surface area contributed by atoms with Crippen molar-refractivity contribution in [3.05, 3.63) is 94.6 Å². The van der Waals surface area contributed by atoms with Crippen molar-refractivity contribution in [1.82, 2.24) is 15.0 Å². The summed E-state index contributed by atoms with van der Waals surface area (Å²) < 4.78 is 88.4. The van der Waals surface area contributed by atoms with Crippen molar-refractivity contribution in [3.8, 4) is 28.3 Å². The highest BCUT2D eigenvalue weighted by Gasteiger charge is 2.35. The first-order chi connectivity index (χ1) is 17.6. The number of hydrogen-bond acceptors (Lipinski definition) is 4. The highest BCUT2D eigenvalue weighted by atomic mass is 19.4. The van der Waals surface area contributed by atoms with Crippen LogP contribution in [0.3, 0.4) is 0 Å². The normalized spacial score (nSPS) is 13.1. The molecule has 3 aromatic carbocycles. The van der Waals surface area contributed by atoms with Crippen molar-refractivity contribution in [1.29, 1.82) is 0 Å². The molecule has 0 bridgehead atoms. The predicted molar refractivity (Wildman–Crippen MR) is 124 cm³/mol. The second-order valence-electron chi connectivity index (χ2n) is 8.34. The number of benzene rings is 3. The molecule has 1 aliphatic heterocycles. The maximum Gasteiger partial charge on any atom is 0.417 e. The molecule has 0 radical (unpaired) electrons. The van der Waals surface area contributed by atoms with Gasteiger partial charge in [0.05, 0.1) is 48.9 Å². The first kappa shape index (κ1) is 24.4. The summed E-state index contributed by atoms with van der Waals surface area (Å²) >= 11 is 0. The number of hydrogen-bond donors (Lipinski definition) is 1. The van der Waals surface area contributed by atoms with E-state index in [1.165, 1.54) is 49.7 Å². The maximum atomic E-state index is 15.0. The van der Waals surface area contributed by atoms with Gasteiger partial charge >= 0.3 is 6.18 Å². The second-order valence-corrected chi connectivity index (χ2v) is 8.34. The molecule has 190 valence electrons. The zero-order valence-corrected chi connectivity index (χ0v) is 19.2. The molecule has 1 aromatic heterocycles. The highest BCUT2D eigenvalue weighted by Crippen LogP contribution is 2.40. The van der Waals surface area contributed by atoms with Crippen molar-refractivity contribution in [2.75, 3.05) is 7.11 Å². The molecule has 0 saturated heterocycles. The Morgan fingerprint density at radius 2 is 1.73 bits per heavy atom. The largest absolute Gasteiger partial charge is 0.497 e. The Morgan fingerprint density at radius 1 is 0.946 bits per heavy atom. The second kappa shape index (κ2) is 9.30. The van der Waals surface area contributed by atoms with Crippen molar-refractivity contribution in [2.24, 2.45) is 5.10 Å². The molecule has 5 nitrogen and oxygen atoms in total. The quantitative estimate of drug-likeness (QED) is 0.307. The third-order valence-electron chi connectivity index (χ3n) is 5.92. The predicted octanol–water partition coefficient (Wildman–Crippen LogP) is 6.54. The van der Waals surface area contributed by atoms with E-state index in [-0.39, 0.29) is 41.4 Å². The van der Waals surface area contributed by atoms with E-state index in [1.807, 2.05) is 0 Å². The summed E-state index contributed by atoms with van der Waals surface area (Å²) in [6.07, 6.45) is -3.24. The van der Waals surface area contributed by atoms with E-state index in [0.717, 1.165) is 18.2 Å². The van der Waals surface area contributed by atoms with Crippen LogP contribution in [-0.2, 0) is 19.3 Å². The molecule has 0 aliphatic carbocycles. The van der Waals surface area contributed by atoms with Gasteiger partial charge in [0.15, 0.2) is 11.6 Å². The summed E-state index contributed by atoms with van der Waals surface area (Å²) in [7, 11) is 1.25. The Kier molecular flexibility index (Phi) is 6.14. The number of halogens is 6. The number of nitrogens with one attached hydrogen (secondary N) is 1. The summed E-state index contributed by atoms with van der Waals surface area (Å²) in [5.41, 5.74) is -0.00590. The molecule has 0 fully saturated rings. The summed E-state index contributed by atoms with van der Waals surface area (Å²) in [6, 6.07) is 11.1. The number of rotatable bonds is 5. The van der Waals surface area contributed by atoms with Gasteiger partial charge in [-0.05, 0) is 47.5 Å². The number of imidazole rings is 1. The number of alkyl halides is 3. The number of aromatic amines is 1. The SMILES string of the molecule is COc1ccc(-c2ccc(CN3Cc4nc(-c5cccc(F)c5F)[nH]c4C=N3)cc2F)c(C(F)(F)F)c1. The molecule has 0 saturated carbocycles. The van der Waals surface area contributed by atoms with E-state index in [4.69, 9.17) is 4.74 Å². The summed E-state index contributed by atoms with van der Waals surface area (Å²) in [5, 5.41) is 5.84. The molecule has 37 heavy (non-hydrogen) atoms. The van der Waals surface area contributed by atoms with Gasteiger partial charge in [-0.2, -0.15) is 18.3 Å². The van der Waals surface area contributed by atoms with E-state index in [1.54, 1.807) is 5.01 Å². The Hall–Kier alpha value is -4.28. The van der Waals surface area contributed by atoms with Gasteiger partial charge < -0.3 is 9.72 Å². The molecule has 1 N–H and O–H groups in total. The van der Waals surface area contributed by atoms with Gasteiger partial charge in [0.25, 0.3) is 0 Å². The van der Waals surface area contributed by atoms with Gasteiger partial charge in [-0.15, -0.1) is 0 Å². The number of methoxy groups -OCH3 is 1. The van der Waals surface area contributed by atoms with Crippen molar-refractivity contribution < 1.29 is 31.1 Å². The number of aromatic nitrogens is 2. The molecule has 0 unspecified atom stereocenters. The van der Waals surface area contributed by atoms with Crippen molar-refractivity contribution in [2.45, 2.75) is 19.3 Å². The van der Waals surface area contributed by atoms with Crippen LogP contribution >= 0.6 is 0 Å². The van der Waals surface area contributed by atoms with Gasteiger partial charge in [-0.1, -0.05) is 18.2 Å². The minimum absolute atomic E-state index is 0.0112. The minimum atomic E-state index is -4.70. The fourth-order valence-electron chi connectivity index (χ4n) is 4.12. The average molecular weight is 516 g/mol. The third kappa shape index (κ3) is 4.76. The first-order valence-electron chi connectivity index (χ1n) is 11.0. The van der Waals surface area contributed by atoms with Crippen LogP contribution < -0.4 is 4.74 Å². The molecule has 0 spiro atoms. The molecule has 2 heterocycles. The van der Waals surface area contributed by atoms with Gasteiger partial charge in [0.1, 0.15) is 17.4 Å². The number of H-pyrrole nitrogens is 1. The van der Waals surface area contributed by atoms with E-state index in [9.17, 15) is 22.0 Å². The lowest BCUT2D eigenvalue weighted by molar-refractivity contribution is -0.137. The Labute approximate surface area is 207 Å². The number of fused-ring (bicyclic) bond motifs is 1. The zero-order chi connectivity index (χ0) is 26.3. The summed E-state index contributed by atoms with van der Waals surface area (Å²) in [5.74, 6) is -2.69. The van der Waals surface area contributed by atoms with Crippen LogP contribution in [0.5, 0.6) is 5.75 Å². The van der Waals surface area contributed by atoms with Crippen LogP contribution in [0.2, 0.25) is 0 Å². The lowest BCUT2D eigenvalue weighted by Crippen LogP contribution is -2.21. The fraction of sp³-hybridized carbons (Fsp3) is 0.154. The standard InChI is InChI=1S/C26H18F6N4O/c1-37-15-6-8-16(19(10-15)26(30,31)32)17-7-5-14(9-21(17)28)12-36-13-23-22(11-33-36)34-25(35-23)18-3-2-4-20(27)24(18)29/h2-11H,12-13H2,1H3,(H,34,35). The molecule has 11 heteroatoms. The highest BCUT2D eigenvalue weighted by molar-refractivity contribution is 5.81. The fourth-order valence-corrected chi connectivity index (χ4v) is 4.12. The lowest BCUT2D eigenvalue weighted by Gasteiger charge is -2.21. The third-order valence-corrected chi connectivity index (χ3v) is 5.92.